The SMILES string of the molecule is CS(=O)(=O)N(CC(=O)NCCOc1ccc(Cl)cc1)c1ccc(Cl)c(C(F)(F)F)c1. The summed E-state index contributed by atoms with van der Waals surface area (Å²) in [6, 6.07) is 9.12. The van der Waals surface area contributed by atoms with Crippen LogP contribution in [0.4, 0.5) is 18.9 Å². The molecule has 30 heavy (non-hydrogen) atoms. The second kappa shape index (κ2) is 9.76. The quantitative estimate of drug-likeness (QED) is 0.575. The summed E-state index contributed by atoms with van der Waals surface area (Å²) >= 11 is 11.3. The van der Waals surface area contributed by atoms with Crippen LogP contribution < -0.4 is 14.4 Å². The number of anilines is 1. The lowest BCUT2D eigenvalue weighted by molar-refractivity contribution is -0.137. The van der Waals surface area contributed by atoms with Crippen molar-refractivity contribution in [1.82, 2.24) is 5.32 Å². The third kappa shape index (κ3) is 6.96. The highest BCUT2D eigenvalue weighted by molar-refractivity contribution is 7.92. The normalized spacial score (nSPS) is 11.8. The topological polar surface area (TPSA) is 75.7 Å². The summed E-state index contributed by atoms with van der Waals surface area (Å²) in [5.74, 6) is -0.198. The third-order valence-corrected chi connectivity index (χ3v) is 5.46. The number of benzene rings is 2. The van der Waals surface area contributed by atoms with E-state index in [0.29, 0.717) is 21.1 Å². The molecule has 0 aliphatic carbocycles. The van der Waals surface area contributed by atoms with Crippen LogP contribution in [0, 0.1) is 0 Å². The van der Waals surface area contributed by atoms with E-state index in [1.807, 2.05) is 0 Å². The average Bonchev–Trinajstić information content (AvgIpc) is 2.63. The second-order valence-corrected chi connectivity index (χ2v) is 8.83. The Balaban J connectivity index is 2.03. The molecule has 0 aromatic heterocycles. The molecule has 12 heteroatoms. The molecule has 2 aromatic rings. The summed E-state index contributed by atoms with van der Waals surface area (Å²) in [5, 5.41) is 2.40. The minimum Gasteiger partial charge on any atom is -0.492 e. The van der Waals surface area contributed by atoms with E-state index in [9.17, 15) is 26.4 Å². The van der Waals surface area contributed by atoms with E-state index >= 15 is 0 Å². The molecule has 0 aliphatic heterocycles. The molecule has 0 heterocycles. The molecule has 2 rings (SSSR count). The molecule has 0 saturated carbocycles. The molecular weight excluding hydrogens is 468 g/mol. The Bertz CT molecular complexity index is 999. The lowest BCUT2D eigenvalue weighted by Crippen LogP contribution is -2.41. The highest BCUT2D eigenvalue weighted by atomic mass is 35.5. The summed E-state index contributed by atoms with van der Waals surface area (Å²) < 4.78 is 69.3. The van der Waals surface area contributed by atoms with Crippen molar-refractivity contribution in [3.63, 3.8) is 0 Å². The van der Waals surface area contributed by atoms with Crippen LogP contribution in [0.2, 0.25) is 10.0 Å². The minimum atomic E-state index is -4.78. The van der Waals surface area contributed by atoms with Crippen molar-refractivity contribution in [2.24, 2.45) is 0 Å². The van der Waals surface area contributed by atoms with Crippen LogP contribution in [0.1, 0.15) is 5.56 Å². The first-order valence-electron chi connectivity index (χ1n) is 8.37. The van der Waals surface area contributed by atoms with Crippen LogP contribution in [-0.2, 0) is 21.0 Å². The summed E-state index contributed by atoms with van der Waals surface area (Å²) in [4.78, 5) is 12.1. The predicted molar refractivity (Wildman–Crippen MR) is 109 cm³/mol. The maximum absolute atomic E-state index is 13.1. The number of hydrogen-bond donors (Lipinski definition) is 1. The molecule has 0 aliphatic rings. The van der Waals surface area contributed by atoms with Crippen molar-refractivity contribution in [2.45, 2.75) is 6.18 Å². The van der Waals surface area contributed by atoms with Crippen molar-refractivity contribution >= 4 is 44.8 Å². The molecule has 2 aromatic carbocycles. The van der Waals surface area contributed by atoms with E-state index in [1.165, 1.54) is 0 Å². The van der Waals surface area contributed by atoms with Crippen molar-refractivity contribution in [3.8, 4) is 5.75 Å². The number of sulfonamides is 1. The maximum atomic E-state index is 13.1. The molecule has 0 radical (unpaired) electrons. The Morgan fingerprint density at radius 2 is 1.77 bits per heavy atom. The van der Waals surface area contributed by atoms with E-state index in [4.69, 9.17) is 27.9 Å². The Morgan fingerprint density at radius 1 is 1.13 bits per heavy atom. The van der Waals surface area contributed by atoms with Gasteiger partial charge in [-0.15, -0.1) is 0 Å². The molecule has 1 N–H and O–H groups in total. The van der Waals surface area contributed by atoms with Gasteiger partial charge in [0.15, 0.2) is 0 Å². The molecule has 0 fully saturated rings. The van der Waals surface area contributed by atoms with Gasteiger partial charge in [-0.3, -0.25) is 9.10 Å². The third-order valence-electron chi connectivity index (χ3n) is 3.74. The summed E-state index contributed by atoms with van der Waals surface area (Å²) in [6.07, 6.45) is -4.00. The molecule has 0 spiro atoms. The molecule has 6 nitrogen and oxygen atoms in total. The van der Waals surface area contributed by atoms with Gasteiger partial charge in [-0.1, -0.05) is 23.2 Å². The van der Waals surface area contributed by atoms with Gasteiger partial charge in [-0.2, -0.15) is 13.2 Å². The van der Waals surface area contributed by atoms with Crippen molar-refractivity contribution in [1.29, 1.82) is 0 Å². The number of hydrogen-bond acceptors (Lipinski definition) is 4. The van der Waals surface area contributed by atoms with Gasteiger partial charge in [0.2, 0.25) is 15.9 Å². The lowest BCUT2D eigenvalue weighted by atomic mass is 10.2. The number of carbonyl (C=O) groups is 1. The number of nitrogens with zero attached hydrogens (tertiary/aromatic N) is 1. The monoisotopic (exact) mass is 484 g/mol. The fraction of sp³-hybridized carbons (Fsp3) is 0.278. The highest BCUT2D eigenvalue weighted by Gasteiger charge is 2.34. The molecule has 0 bridgehead atoms. The van der Waals surface area contributed by atoms with Crippen LogP contribution in [0.5, 0.6) is 5.75 Å². The summed E-state index contributed by atoms with van der Waals surface area (Å²) in [6.45, 7) is -0.572. The van der Waals surface area contributed by atoms with E-state index in [2.05, 4.69) is 5.32 Å². The van der Waals surface area contributed by atoms with Gasteiger partial charge < -0.3 is 10.1 Å². The Labute approximate surface area is 181 Å². The minimum absolute atomic E-state index is 0.0491. The van der Waals surface area contributed by atoms with Crippen LogP contribution >= 0.6 is 23.2 Å². The van der Waals surface area contributed by atoms with Gasteiger partial charge in [-0.05, 0) is 42.5 Å². The van der Waals surface area contributed by atoms with Crippen LogP contribution in [0.3, 0.4) is 0 Å². The van der Waals surface area contributed by atoms with E-state index in [1.54, 1.807) is 24.3 Å². The number of alkyl halides is 3. The number of amides is 1. The number of halogens is 5. The van der Waals surface area contributed by atoms with Gasteiger partial charge in [0.05, 0.1) is 29.1 Å². The fourth-order valence-corrected chi connectivity index (χ4v) is 3.56. The Hall–Kier alpha value is -2.17. The summed E-state index contributed by atoms with van der Waals surface area (Å²) in [5.41, 5.74) is -1.53. The number of nitrogens with one attached hydrogen (secondary N) is 1. The molecule has 0 atom stereocenters. The lowest BCUT2D eigenvalue weighted by Gasteiger charge is -2.23. The highest BCUT2D eigenvalue weighted by Crippen LogP contribution is 2.37. The van der Waals surface area contributed by atoms with Gasteiger partial charge in [0, 0.05) is 5.02 Å². The molecule has 1 amide bonds. The molecule has 0 unspecified atom stereocenters. The second-order valence-electron chi connectivity index (χ2n) is 6.08. The van der Waals surface area contributed by atoms with Gasteiger partial charge in [-0.25, -0.2) is 8.42 Å². The first-order chi connectivity index (χ1) is 13.9. The predicted octanol–water partition coefficient (Wildman–Crippen LogP) is 3.97. The van der Waals surface area contributed by atoms with Crippen molar-refractivity contribution in [3.05, 3.63) is 58.1 Å². The zero-order valence-corrected chi connectivity index (χ0v) is 17.9. The van der Waals surface area contributed by atoms with Gasteiger partial charge >= 0.3 is 6.18 Å². The first-order valence-corrected chi connectivity index (χ1v) is 11.0. The smallest absolute Gasteiger partial charge is 0.417 e. The standard InChI is InChI=1S/C18H17Cl2F3N2O4S/c1-30(27,28)25(13-4-7-16(20)15(10-13)18(21,22)23)11-17(26)24-8-9-29-14-5-2-12(19)3-6-14/h2-7,10H,8-9,11H2,1H3,(H,24,26). The number of rotatable bonds is 8. The molecule has 0 saturated heterocycles. The van der Waals surface area contributed by atoms with Gasteiger partial charge in [0.25, 0.3) is 0 Å². The molecule has 164 valence electrons. The zero-order chi connectivity index (χ0) is 22.5. The van der Waals surface area contributed by atoms with E-state index in [-0.39, 0.29) is 18.8 Å². The number of carbonyl (C=O) groups excluding carboxylic acids is 1. The largest absolute Gasteiger partial charge is 0.492 e. The zero-order valence-electron chi connectivity index (χ0n) is 15.5. The van der Waals surface area contributed by atoms with Crippen LogP contribution in [0.15, 0.2) is 42.5 Å². The first kappa shape index (κ1) is 24.1. The molecular formula is C18H17Cl2F3N2O4S. The van der Waals surface area contributed by atoms with Crippen LogP contribution in [0.25, 0.3) is 0 Å². The maximum Gasteiger partial charge on any atom is 0.417 e. The van der Waals surface area contributed by atoms with Crippen molar-refractivity contribution < 1.29 is 31.1 Å². The summed E-state index contributed by atoms with van der Waals surface area (Å²) in [7, 11) is -4.05. The fourth-order valence-electron chi connectivity index (χ4n) is 2.36. The Morgan fingerprint density at radius 3 is 2.33 bits per heavy atom. The van der Waals surface area contributed by atoms with Crippen molar-refractivity contribution in [2.75, 3.05) is 30.3 Å². The van der Waals surface area contributed by atoms with Crippen LogP contribution in [-0.4, -0.2) is 40.3 Å². The van der Waals surface area contributed by atoms with Gasteiger partial charge in [0.1, 0.15) is 18.9 Å². The van der Waals surface area contributed by atoms with E-state index < -0.39 is 39.2 Å². The Kier molecular flexibility index (Phi) is 7.84. The average molecular weight is 485 g/mol. The van der Waals surface area contributed by atoms with E-state index in [0.717, 1.165) is 18.4 Å². The number of ether oxygens (including phenoxy) is 1.